The molecule has 0 spiro atoms. The van der Waals surface area contributed by atoms with E-state index in [1.165, 1.54) is 32.1 Å². The number of Topliss-reactive ketones (excluding diaryl/α,β-unsaturated/α-hetero) is 1. The summed E-state index contributed by atoms with van der Waals surface area (Å²) in [5.74, 6) is 2.89. The molecule has 0 aromatic carbocycles. The maximum Gasteiger partial charge on any atom is 0.180 e. The van der Waals surface area contributed by atoms with E-state index in [9.17, 15) is 25.2 Å². The second-order valence-corrected chi connectivity index (χ2v) is 16.4. The molecule has 41 heavy (non-hydrogen) atoms. The molecule has 0 aromatic heterocycles. The smallest absolute Gasteiger partial charge is 0.180 e. The highest BCUT2D eigenvalue weighted by atomic mass is 16.5. The zero-order valence-corrected chi connectivity index (χ0v) is 26.6. The van der Waals surface area contributed by atoms with Crippen LogP contribution in [0.4, 0.5) is 0 Å². The number of ether oxygens (including phenoxy) is 1. The van der Waals surface area contributed by atoms with E-state index in [1.54, 1.807) is 12.5 Å². The fourth-order valence-corrected chi connectivity index (χ4v) is 11.2. The normalized spacial score (nSPS) is 44.1. The number of aliphatic hydroxyl groups is 4. The molecule has 0 aromatic rings. The number of aliphatic hydroxyl groups excluding tert-OH is 3. The number of fused-ring (bicyclic) bond motifs is 7. The van der Waals surface area contributed by atoms with Crippen molar-refractivity contribution >= 4 is 5.78 Å². The zero-order chi connectivity index (χ0) is 30.0. The Morgan fingerprint density at radius 3 is 2.39 bits per heavy atom. The second kappa shape index (κ2) is 11.3. The monoisotopic (exact) mass is 574 g/mol. The maximum atomic E-state index is 12.7. The van der Waals surface area contributed by atoms with E-state index in [0.29, 0.717) is 35.9 Å². The summed E-state index contributed by atoms with van der Waals surface area (Å²) in [6.45, 7) is 13.7. The number of carbonyl (C=O) groups excluding carboxylic acids is 1. The third-order valence-corrected chi connectivity index (χ3v) is 13.6. The van der Waals surface area contributed by atoms with E-state index in [0.717, 1.165) is 38.5 Å². The molecular formula is C35H58O6. The minimum atomic E-state index is -1.87. The van der Waals surface area contributed by atoms with Gasteiger partial charge in [-0.05, 0) is 123 Å². The largest absolute Gasteiger partial charge is 0.394 e. The van der Waals surface area contributed by atoms with Gasteiger partial charge in [-0.25, -0.2) is 0 Å². The molecule has 0 saturated heterocycles. The summed E-state index contributed by atoms with van der Waals surface area (Å²) in [7, 11) is 0. The Hall–Kier alpha value is -0.790. The minimum absolute atomic E-state index is 0.123. The molecule has 0 bridgehead atoms. The van der Waals surface area contributed by atoms with E-state index in [4.69, 9.17) is 4.74 Å². The first kappa shape index (κ1) is 31.6. The van der Waals surface area contributed by atoms with Gasteiger partial charge in [-0.1, -0.05) is 46.3 Å². The lowest BCUT2D eigenvalue weighted by molar-refractivity contribution is -0.186. The lowest BCUT2D eigenvalue weighted by atomic mass is 9.38. The van der Waals surface area contributed by atoms with Crippen molar-refractivity contribution in [2.24, 2.45) is 51.2 Å². The molecule has 4 fully saturated rings. The Labute approximate surface area is 248 Å². The summed E-state index contributed by atoms with van der Waals surface area (Å²) in [6.07, 6.45) is 10.8. The summed E-state index contributed by atoms with van der Waals surface area (Å²) >= 11 is 0. The molecule has 4 saturated carbocycles. The molecule has 0 amide bonds. The molecule has 11 atom stereocenters. The quantitative estimate of drug-likeness (QED) is 0.216. The van der Waals surface area contributed by atoms with Gasteiger partial charge in [-0.3, -0.25) is 4.79 Å². The van der Waals surface area contributed by atoms with Crippen LogP contribution in [-0.2, 0) is 9.53 Å². The van der Waals surface area contributed by atoms with Crippen LogP contribution in [0.25, 0.3) is 0 Å². The van der Waals surface area contributed by atoms with Gasteiger partial charge in [-0.15, -0.1) is 0 Å². The summed E-state index contributed by atoms with van der Waals surface area (Å²) in [4.78, 5) is 12.7. The molecule has 0 heterocycles. The third-order valence-electron chi connectivity index (χ3n) is 13.6. The lowest BCUT2D eigenvalue weighted by Gasteiger charge is -2.66. The molecule has 5 aliphatic rings. The van der Waals surface area contributed by atoms with Crippen molar-refractivity contribution in [3.05, 3.63) is 11.6 Å². The number of rotatable bonds is 8. The van der Waals surface area contributed by atoms with Gasteiger partial charge in [0.25, 0.3) is 0 Å². The summed E-state index contributed by atoms with van der Waals surface area (Å²) in [6, 6.07) is 0. The van der Waals surface area contributed by atoms with Gasteiger partial charge in [0.15, 0.2) is 6.29 Å². The van der Waals surface area contributed by atoms with E-state index >= 15 is 0 Å². The summed E-state index contributed by atoms with van der Waals surface area (Å²) in [5, 5.41) is 39.7. The van der Waals surface area contributed by atoms with Crippen molar-refractivity contribution in [1.29, 1.82) is 0 Å². The average molecular weight is 575 g/mol. The maximum absolute atomic E-state index is 12.7. The molecule has 5 rings (SSSR count). The fourth-order valence-electron chi connectivity index (χ4n) is 11.2. The number of ketones is 1. The lowest BCUT2D eigenvalue weighted by Crippen LogP contribution is -2.59. The molecule has 0 radical (unpaired) electrons. The Kier molecular flexibility index (Phi) is 8.71. The first-order valence-corrected chi connectivity index (χ1v) is 16.7. The number of allylic oxidation sites excluding steroid dienone is 2. The molecular weight excluding hydrogens is 516 g/mol. The number of hydrogen-bond acceptors (Lipinski definition) is 6. The van der Waals surface area contributed by atoms with Crippen LogP contribution in [0.15, 0.2) is 11.6 Å². The highest BCUT2D eigenvalue weighted by Crippen LogP contribution is 2.71. The van der Waals surface area contributed by atoms with Crippen LogP contribution >= 0.6 is 0 Å². The van der Waals surface area contributed by atoms with Gasteiger partial charge < -0.3 is 25.2 Å². The van der Waals surface area contributed by atoms with Crippen LogP contribution in [0, 0.1) is 51.2 Å². The molecule has 4 N–H and O–H groups in total. The van der Waals surface area contributed by atoms with E-state index < -0.39 is 24.6 Å². The highest BCUT2D eigenvalue weighted by Gasteiger charge is 2.63. The minimum Gasteiger partial charge on any atom is -0.394 e. The first-order valence-electron chi connectivity index (χ1n) is 16.7. The summed E-state index contributed by atoms with van der Waals surface area (Å²) < 4.78 is 5.94. The van der Waals surface area contributed by atoms with Crippen LogP contribution in [0.5, 0.6) is 0 Å². The van der Waals surface area contributed by atoms with Gasteiger partial charge in [0.2, 0.25) is 0 Å². The van der Waals surface area contributed by atoms with Crippen LogP contribution in [0.1, 0.15) is 119 Å². The van der Waals surface area contributed by atoms with Crippen molar-refractivity contribution < 1.29 is 30.0 Å². The molecule has 6 heteroatoms. The van der Waals surface area contributed by atoms with Gasteiger partial charge in [-0.2, -0.15) is 0 Å². The van der Waals surface area contributed by atoms with Crippen molar-refractivity contribution in [3.63, 3.8) is 0 Å². The van der Waals surface area contributed by atoms with Crippen LogP contribution in [-0.4, -0.2) is 57.4 Å². The zero-order valence-electron chi connectivity index (χ0n) is 26.6. The standard InChI is InChI=1S/C35H58O6/c1-21(20-36)41-28(30(38)31(39)40)12-16-35-15-10-25-23(26(35)19-32(3,4)17-18-35)7-8-29-33(5)14-11-27(37)22(2)24(33)9-13-34(25,29)6/h7,21-22,24-26,28-31,36,38-40H,8-20H2,1-6H3. The van der Waals surface area contributed by atoms with Crippen molar-refractivity contribution in [1.82, 2.24) is 0 Å². The second-order valence-electron chi connectivity index (χ2n) is 16.4. The van der Waals surface area contributed by atoms with Gasteiger partial charge in [0.1, 0.15) is 11.9 Å². The Balaban J connectivity index is 1.44. The van der Waals surface area contributed by atoms with Gasteiger partial charge >= 0.3 is 0 Å². The number of carbonyl (C=O) groups is 1. The molecule has 234 valence electrons. The Morgan fingerprint density at radius 2 is 1.71 bits per heavy atom. The molecule has 0 aliphatic heterocycles. The highest BCUT2D eigenvalue weighted by molar-refractivity contribution is 5.82. The molecule has 11 unspecified atom stereocenters. The van der Waals surface area contributed by atoms with Gasteiger partial charge in [0.05, 0.1) is 18.8 Å². The van der Waals surface area contributed by atoms with E-state index in [-0.39, 0.29) is 34.2 Å². The third kappa shape index (κ3) is 5.41. The van der Waals surface area contributed by atoms with Crippen molar-refractivity contribution in [2.45, 2.75) is 143 Å². The predicted octanol–water partition coefficient (Wildman–Crippen LogP) is 5.79. The van der Waals surface area contributed by atoms with E-state index in [1.807, 2.05) is 0 Å². The van der Waals surface area contributed by atoms with Crippen LogP contribution in [0.3, 0.4) is 0 Å². The topological polar surface area (TPSA) is 107 Å². The first-order chi connectivity index (χ1) is 19.2. The van der Waals surface area contributed by atoms with E-state index in [2.05, 4.69) is 40.7 Å². The summed E-state index contributed by atoms with van der Waals surface area (Å²) in [5.41, 5.74) is 2.59. The van der Waals surface area contributed by atoms with Crippen molar-refractivity contribution in [2.75, 3.05) is 6.61 Å². The Bertz CT molecular complexity index is 1000. The number of hydrogen-bond donors (Lipinski definition) is 4. The predicted molar refractivity (Wildman–Crippen MR) is 160 cm³/mol. The SMILES string of the molecule is CC(CO)OC(CCC12CCC3C(=CCC4C3(C)CCC3C(C)C(=O)CCC34C)C1CC(C)(C)CC2)C(O)C(O)O. The van der Waals surface area contributed by atoms with Crippen LogP contribution < -0.4 is 0 Å². The van der Waals surface area contributed by atoms with Gasteiger partial charge in [0, 0.05) is 12.3 Å². The van der Waals surface area contributed by atoms with Crippen molar-refractivity contribution in [3.8, 4) is 0 Å². The Morgan fingerprint density at radius 1 is 0.976 bits per heavy atom. The average Bonchev–Trinajstić information content (AvgIpc) is 2.92. The molecule has 6 nitrogen and oxygen atoms in total. The van der Waals surface area contributed by atoms with Crippen LogP contribution in [0.2, 0.25) is 0 Å². The molecule has 5 aliphatic carbocycles. The fraction of sp³-hybridized carbons (Fsp3) is 0.914.